The Balaban J connectivity index is 1.78. The highest BCUT2D eigenvalue weighted by molar-refractivity contribution is 5.27. The molecule has 1 aromatic carbocycles. The first-order valence-corrected chi connectivity index (χ1v) is 6.64. The van der Waals surface area contributed by atoms with Gasteiger partial charge >= 0.3 is 0 Å². The maximum Gasteiger partial charge on any atom is 0.157 e. The number of piperidine rings is 1. The predicted octanol–water partition coefficient (Wildman–Crippen LogP) is 3.08. The fourth-order valence-corrected chi connectivity index (χ4v) is 2.58. The van der Waals surface area contributed by atoms with Gasteiger partial charge in [-0.3, -0.25) is 0 Å². The van der Waals surface area contributed by atoms with Crippen molar-refractivity contribution in [2.45, 2.75) is 31.7 Å². The van der Waals surface area contributed by atoms with Crippen LogP contribution in [0.25, 0.3) is 0 Å². The molecule has 94 valence electrons. The van der Waals surface area contributed by atoms with E-state index in [4.69, 9.17) is 4.52 Å². The van der Waals surface area contributed by atoms with Crippen LogP contribution in [-0.4, -0.2) is 11.7 Å². The van der Waals surface area contributed by atoms with E-state index in [1.54, 1.807) is 0 Å². The van der Waals surface area contributed by atoms with Crippen molar-refractivity contribution >= 4 is 0 Å². The highest BCUT2D eigenvalue weighted by Gasteiger charge is 2.21. The molecular formula is C15H18N2O. The van der Waals surface area contributed by atoms with Crippen LogP contribution in [0.1, 0.15) is 42.2 Å². The van der Waals surface area contributed by atoms with Crippen LogP contribution in [0, 0.1) is 0 Å². The van der Waals surface area contributed by atoms with Gasteiger partial charge in [-0.25, -0.2) is 0 Å². The summed E-state index contributed by atoms with van der Waals surface area (Å²) in [5.41, 5.74) is 2.51. The van der Waals surface area contributed by atoms with Crippen LogP contribution < -0.4 is 5.32 Å². The first kappa shape index (κ1) is 11.5. The number of aromatic nitrogens is 1. The number of hydrogen-bond acceptors (Lipinski definition) is 3. The molecule has 0 radical (unpaired) electrons. The molecule has 1 saturated heterocycles. The minimum absolute atomic E-state index is 0.347. The van der Waals surface area contributed by atoms with Crippen molar-refractivity contribution < 1.29 is 4.52 Å². The maximum absolute atomic E-state index is 5.46. The van der Waals surface area contributed by atoms with E-state index < -0.39 is 0 Å². The molecular weight excluding hydrogens is 224 g/mol. The fraction of sp³-hybridized carbons (Fsp3) is 0.400. The smallest absolute Gasteiger partial charge is 0.157 e. The lowest BCUT2D eigenvalue weighted by Crippen LogP contribution is -2.27. The Morgan fingerprint density at radius 2 is 2.11 bits per heavy atom. The monoisotopic (exact) mass is 242 g/mol. The molecule has 3 nitrogen and oxygen atoms in total. The van der Waals surface area contributed by atoms with E-state index >= 15 is 0 Å². The molecule has 2 aromatic rings. The van der Waals surface area contributed by atoms with E-state index in [1.807, 2.05) is 12.3 Å². The summed E-state index contributed by atoms with van der Waals surface area (Å²) in [7, 11) is 0. The lowest BCUT2D eigenvalue weighted by Gasteiger charge is -2.21. The second kappa shape index (κ2) is 5.36. The third-order valence-electron chi connectivity index (χ3n) is 3.54. The van der Waals surface area contributed by atoms with Gasteiger partial charge in [0.25, 0.3) is 0 Å². The molecule has 3 rings (SSSR count). The summed E-state index contributed by atoms with van der Waals surface area (Å²) >= 11 is 0. The van der Waals surface area contributed by atoms with Crippen LogP contribution in [0.5, 0.6) is 0 Å². The average molecular weight is 242 g/mol. The minimum Gasteiger partial charge on any atom is -0.359 e. The van der Waals surface area contributed by atoms with Gasteiger partial charge in [0.2, 0.25) is 0 Å². The normalized spacial score (nSPS) is 19.9. The summed E-state index contributed by atoms with van der Waals surface area (Å²) < 4.78 is 5.46. The number of hydrogen-bond donors (Lipinski definition) is 1. The molecule has 1 atom stereocenters. The Kier molecular flexibility index (Phi) is 3.42. The van der Waals surface area contributed by atoms with E-state index in [1.165, 1.54) is 24.0 Å². The third-order valence-corrected chi connectivity index (χ3v) is 3.54. The largest absolute Gasteiger partial charge is 0.359 e. The summed E-state index contributed by atoms with van der Waals surface area (Å²) in [4.78, 5) is 0. The highest BCUT2D eigenvalue weighted by atomic mass is 16.5. The van der Waals surface area contributed by atoms with Crippen LogP contribution in [0.4, 0.5) is 0 Å². The van der Waals surface area contributed by atoms with E-state index in [0.717, 1.165) is 25.1 Å². The first-order chi connectivity index (χ1) is 8.93. The van der Waals surface area contributed by atoms with Gasteiger partial charge in [-0.15, -0.1) is 0 Å². The SMILES string of the molecule is c1ccc(Cc2cnoc2C2CCCCN2)cc1. The average Bonchev–Trinajstić information content (AvgIpc) is 2.89. The highest BCUT2D eigenvalue weighted by Crippen LogP contribution is 2.27. The Morgan fingerprint density at radius 1 is 1.22 bits per heavy atom. The van der Waals surface area contributed by atoms with E-state index in [9.17, 15) is 0 Å². The molecule has 1 aliphatic heterocycles. The second-order valence-electron chi connectivity index (χ2n) is 4.88. The quantitative estimate of drug-likeness (QED) is 0.898. The summed E-state index contributed by atoms with van der Waals surface area (Å²) in [6.45, 7) is 1.08. The third kappa shape index (κ3) is 2.46. The summed E-state index contributed by atoms with van der Waals surface area (Å²) in [5, 5.41) is 7.49. The maximum atomic E-state index is 5.46. The molecule has 1 N–H and O–H groups in total. The first-order valence-electron chi connectivity index (χ1n) is 6.64. The molecule has 0 aliphatic carbocycles. The van der Waals surface area contributed by atoms with Gasteiger partial charge in [-0.05, 0) is 24.9 Å². The van der Waals surface area contributed by atoms with Crippen LogP contribution >= 0.6 is 0 Å². The van der Waals surface area contributed by atoms with Crippen molar-refractivity contribution in [1.82, 2.24) is 10.5 Å². The zero-order chi connectivity index (χ0) is 12.2. The van der Waals surface area contributed by atoms with E-state index in [-0.39, 0.29) is 0 Å². The fourth-order valence-electron chi connectivity index (χ4n) is 2.58. The lowest BCUT2D eigenvalue weighted by atomic mass is 9.97. The van der Waals surface area contributed by atoms with E-state index in [0.29, 0.717) is 6.04 Å². The number of nitrogens with zero attached hydrogens (tertiary/aromatic N) is 1. The molecule has 18 heavy (non-hydrogen) atoms. The number of benzene rings is 1. The van der Waals surface area contributed by atoms with Crippen LogP contribution in [-0.2, 0) is 6.42 Å². The van der Waals surface area contributed by atoms with Gasteiger partial charge < -0.3 is 9.84 Å². The predicted molar refractivity (Wildman–Crippen MR) is 70.3 cm³/mol. The topological polar surface area (TPSA) is 38.1 Å². The molecule has 0 spiro atoms. The zero-order valence-corrected chi connectivity index (χ0v) is 10.4. The number of nitrogens with one attached hydrogen (secondary N) is 1. The van der Waals surface area contributed by atoms with Gasteiger partial charge in [-0.1, -0.05) is 41.9 Å². The van der Waals surface area contributed by atoms with E-state index in [2.05, 4.69) is 34.7 Å². The molecule has 2 heterocycles. The number of rotatable bonds is 3. The Labute approximate surface area is 107 Å². The Hall–Kier alpha value is -1.61. The van der Waals surface area contributed by atoms with Crippen molar-refractivity contribution in [2.75, 3.05) is 6.54 Å². The zero-order valence-electron chi connectivity index (χ0n) is 10.4. The Morgan fingerprint density at radius 3 is 2.89 bits per heavy atom. The lowest BCUT2D eigenvalue weighted by molar-refractivity contribution is 0.303. The van der Waals surface area contributed by atoms with Crippen LogP contribution in [0.15, 0.2) is 41.1 Å². The van der Waals surface area contributed by atoms with Crippen molar-refractivity contribution in [2.24, 2.45) is 0 Å². The molecule has 0 amide bonds. The van der Waals surface area contributed by atoms with Crippen molar-refractivity contribution in [3.05, 3.63) is 53.4 Å². The van der Waals surface area contributed by atoms with Crippen molar-refractivity contribution in [3.63, 3.8) is 0 Å². The molecule has 3 heteroatoms. The molecule has 1 aliphatic rings. The summed E-state index contributed by atoms with van der Waals surface area (Å²) in [5.74, 6) is 1.03. The molecule has 0 bridgehead atoms. The van der Waals surface area contributed by atoms with Crippen molar-refractivity contribution in [3.8, 4) is 0 Å². The van der Waals surface area contributed by atoms with Crippen LogP contribution in [0.2, 0.25) is 0 Å². The van der Waals surface area contributed by atoms with Gasteiger partial charge in [0.1, 0.15) is 0 Å². The van der Waals surface area contributed by atoms with Crippen molar-refractivity contribution in [1.29, 1.82) is 0 Å². The minimum atomic E-state index is 0.347. The van der Waals surface area contributed by atoms with Crippen LogP contribution in [0.3, 0.4) is 0 Å². The van der Waals surface area contributed by atoms with Gasteiger partial charge in [-0.2, -0.15) is 0 Å². The molecule has 1 fully saturated rings. The standard InChI is InChI=1S/C15H18N2O/c1-2-6-12(7-3-1)10-13-11-17-18-15(13)14-8-4-5-9-16-14/h1-3,6-7,11,14,16H,4-5,8-10H2. The molecule has 0 saturated carbocycles. The summed E-state index contributed by atoms with van der Waals surface area (Å²) in [6, 6.07) is 10.8. The summed E-state index contributed by atoms with van der Waals surface area (Å²) in [6.07, 6.45) is 6.44. The van der Waals surface area contributed by atoms with Gasteiger partial charge in [0.05, 0.1) is 12.2 Å². The molecule has 1 unspecified atom stereocenters. The molecule has 1 aromatic heterocycles. The second-order valence-corrected chi connectivity index (χ2v) is 4.88. The van der Waals surface area contributed by atoms with Gasteiger partial charge in [0.15, 0.2) is 5.76 Å². The van der Waals surface area contributed by atoms with Gasteiger partial charge in [0, 0.05) is 12.0 Å². The Bertz CT molecular complexity index is 486.